The zero-order valence-corrected chi connectivity index (χ0v) is 17.8. The summed E-state index contributed by atoms with van der Waals surface area (Å²) in [4.78, 5) is 31.3. The van der Waals surface area contributed by atoms with E-state index in [4.69, 9.17) is 9.47 Å². The molecule has 8 heteroatoms. The van der Waals surface area contributed by atoms with E-state index in [1.54, 1.807) is 40.0 Å². The van der Waals surface area contributed by atoms with Gasteiger partial charge in [-0.25, -0.2) is 18.7 Å². The molecule has 0 saturated carbocycles. The number of halogens is 1. The van der Waals surface area contributed by atoms with Crippen LogP contribution in [0.5, 0.6) is 5.75 Å². The quantitative estimate of drug-likeness (QED) is 0.630. The van der Waals surface area contributed by atoms with Gasteiger partial charge in [0.15, 0.2) is 11.6 Å². The highest BCUT2D eigenvalue weighted by molar-refractivity contribution is 6.08. The molecular formula is C22H24FN3O4. The lowest BCUT2D eigenvalue weighted by atomic mass is 10.1. The topological polar surface area (TPSA) is 73.7 Å². The van der Waals surface area contributed by atoms with Gasteiger partial charge in [-0.15, -0.1) is 0 Å². The van der Waals surface area contributed by atoms with Crippen LogP contribution >= 0.6 is 0 Å². The van der Waals surface area contributed by atoms with Crippen LogP contribution in [-0.2, 0) is 4.74 Å². The molecule has 1 amide bonds. The minimum Gasteiger partial charge on any atom is -0.494 e. The van der Waals surface area contributed by atoms with Crippen molar-refractivity contribution in [1.29, 1.82) is 0 Å². The number of methoxy groups -OCH3 is 1. The predicted octanol–water partition coefficient (Wildman–Crippen LogP) is 4.55. The molecule has 3 aromatic rings. The number of carbonyl (C=O) groups excluding carboxylic acids is 2. The van der Waals surface area contributed by atoms with Crippen molar-refractivity contribution in [3.63, 3.8) is 0 Å². The Labute approximate surface area is 174 Å². The zero-order valence-electron chi connectivity index (χ0n) is 17.8. The van der Waals surface area contributed by atoms with Gasteiger partial charge in [0.05, 0.1) is 18.1 Å². The monoisotopic (exact) mass is 413 g/mol. The summed E-state index contributed by atoms with van der Waals surface area (Å²) in [7, 11) is 2.94. The minimum atomic E-state index is -0.669. The van der Waals surface area contributed by atoms with Crippen molar-refractivity contribution in [2.24, 2.45) is 0 Å². The van der Waals surface area contributed by atoms with E-state index in [-0.39, 0.29) is 11.7 Å². The third-order valence-electron chi connectivity index (χ3n) is 4.51. The molecule has 0 bridgehead atoms. The van der Waals surface area contributed by atoms with E-state index in [2.05, 4.69) is 4.98 Å². The average molecular weight is 413 g/mol. The van der Waals surface area contributed by atoms with E-state index in [0.717, 1.165) is 5.56 Å². The van der Waals surface area contributed by atoms with Gasteiger partial charge in [-0.3, -0.25) is 4.79 Å². The lowest BCUT2D eigenvalue weighted by Crippen LogP contribution is -2.27. The molecule has 0 radical (unpaired) electrons. The molecule has 0 unspecified atom stereocenters. The number of imidazole rings is 1. The van der Waals surface area contributed by atoms with Crippen LogP contribution in [0.15, 0.2) is 36.7 Å². The van der Waals surface area contributed by atoms with Crippen LogP contribution in [0.25, 0.3) is 11.0 Å². The van der Waals surface area contributed by atoms with E-state index in [1.165, 1.54) is 41.1 Å². The molecule has 7 nitrogen and oxygen atoms in total. The Morgan fingerprint density at radius 2 is 1.87 bits per heavy atom. The van der Waals surface area contributed by atoms with E-state index < -0.39 is 17.5 Å². The summed E-state index contributed by atoms with van der Waals surface area (Å²) in [5.74, 6) is -0.798. The molecular weight excluding hydrogens is 389 g/mol. The van der Waals surface area contributed by atoms with Crippen molar-refractivity contribution in [1.82, 2.24) is 9.55 Å². The second kappa shape index (κ2) is 7.78. The second-order valence-electron chi connectivity index (χ2n) is 7.94. The zero-order chi connectivity index (χ0) is 22.2. The molecule has 0 aliphatic carbocycles. The molecule has 0 spiro atoms. The molecule has 3 rings (SSSR count). The Bertz CT molecular complexity index is 1130. The maximum absolute atomic E-state index is 13.7. The fourth-order valence-electron chi connectivity index (χ4n) is 3.04. The Kier molecular flexibility index (Phi) is 5.52. The van der Waals surface area contributed by atoms with Gasteiger partial charge in [-0.1, -0.05) is 0 Å². The molecule has 2 aromatic carbocycles. The van der Waals surface area contributed by atoms with Crippen molar-refractivity contribution >= 4 is 28.7 Å². The SMILES string of the molecule is COc1cc(N(C)C(=O)c2cc(C)c3ncn(C(=O)OC(C)(C)C)c3c2)ccc1F. The molecule has 0 atom stereocenters. The van der Waals surface area contributed by atoms with Crippen LogP contribution in [0.4, 0.5) is 14.9 Å². The maximum atomic E-state index is 13.7. The van der Waals surface area contributed by atoms with Gasteiger partial charge >= 0.3 is 6.09 Å². The number of aryl methyl sites for hydroxylation is 1. The molecule has 0 saturated heterocycles. The van der Waals surface area contributed by atoms with Crippen molar-refractivity contribution < 1.29 is 23.5 Å². The first-order chi connectivity index (χ1) is 14.0. The minimum absolute atomic E-state index is 0.0433. The number of anilines is 1. The number of nitrogens with zero attached hydrogens (tertiary/aromatic N) is 3. The van der Waals surface area contributed by atoms with Crippen LogP contribution in [0, 0.1) is 12.7 Å². The van der Waals surface area contributed by atoms with E-state index >= 15 is 0 Å². The fourth-order valence-corrected chi connectivity index (χ4v) is 3.04. The third kappa shape index (κ3) is 4.12. The summed E-state index contributed by atoms with van der Waals surface area (Å²) >= 11 is 0. The van der Waals surface area contributed by atoms with Crippen LogP contribution in [-0.4, -0.2) is 41.3 Å². The summed E-state index contributed by atoms with van der Waals surface area (Å²) in [5.41, 5.74) is 1.97. The Hall–Kier alpha value is -3.42. The Balaban J connectivity index is 2.00. The third-order valence-corrected chi connectivity index (χ3v) is 4.51. The number of hydrogen-bond acceptors (Lipinski definition) is 5. The number of benzene rings is 2. The van der Waals surface area contributed by atoms with Gasteiger partial charge in [-0.2, -0.15) is 0 Å². The molecule has 0 aliphatic heterocycles. The Morgan fingerprint density at radius 1 is 1.17 bits per heavy atom. The van der Waals surface area contributed by atoms with Crippen molar-refractivity contribution in [2.45, 2.75) is 33.3 Å². The number of aromatic nitrogens is 2. The number of hydrogen-bond donors (Lipinski definition) is 0. The Morgan fingerprint density at radius 3 is 2.50 bits per heavy atom. The number of carbonyl (C=O) groups is 2. The van der Waals surface area contributed by atoms with E-state index in [1.807, 2.05) is 6.92 Å². The maximum Gasteiger partial charge on any atom is 0.420 e. The summed E-state index contributed by atoms with van der Waals surface area (Å²) in [5, 5.41) is 0. The molecule has 1 heterocycles. The predicted molar refractivity (Wildman–Crippen MR) is 112 cm³/mol. The van der Waals surface area contributed by atoms with Gasteiger partial charge in [0.1, 0.15) is 11.9 Å². The summed E-state index contributed by atoms with van der Waals surface area (Å²) in [6.07, 6.45) is 0.805. The van der Waals surface area contributed by atoms with Gasteiger partial charge in [0, 0.05) is 24.4 Å². The van der Waals surface area contributed by atoms with Crippen LogP contribution in [0.1, 0.15) is 36.7 Å². The highest BCUT2D eigenvalue weighted by atomic mass is 19.1. The van der Waals surface area contributed by atoms with E-state index in [0.29, 0.717) is 22.3 Å². The first-order valence-electron chi connectivity index (χ1n) is 9.34. The standard InChI is InChI=1S/C22H24FN3O4/c1-13-9-14(20(27)25(5)15-7-8-16(23)18(11-15)29-6)10-17-19(13)24-12-26(17)21(28)30-22(2,3)4/h7-12H,1-6H3. The molecule has 0 aliphatic rings. The van der Waals surface area contributed by atoms with Crippen molar-refractivity contribution in [3.05, 3.63) is 53.6 Å². The fraction of sp³-hybridized carbons (Fsp3) is 0.318. The highest BCUT2D eigenvalue weighted by Crippen LogP contribution is 2.26. The molecule has 30 heavy (non-hydrogen) atoms. The molecule has 158 valence electrons. The molecule has 1 aromatic heterocycles. The van der Waals surface area contributed by atoms with Gasteiger partial charge in [-0.05, 0) is 57.5 Å². The largest absolute Gasteiger partial charge is 0.494 e. The van der Waals surface area contributed by atoms with Crippen LogP contribution in [0.3, 0.4) is 0 Å². The van der Waals surface area contributed by atoms with Gasteiger partial charge in [0.2, 0.25) is 0 Å². The first-order valence-corrected chi connectivity index (χ1v) is 9.34. The number of fused-ring (bicyclic) bond motifs is 1. The van der Waals surface area contributed by atoms with Crippen molar-refractivity contribution in [2.75, 3.05) is 19.1 Å². The van der Waals surface area contributed by atoms with Crippen LogP contribution < -0.4 is 9.64 Å². The molecule has 0 fully saturated rings. The lowest BCUT2D eigenvalue weighted by Gasteiger charge is -2.20. The van der Waals surface area contributed by atoms with Crippen molar-refractivity contribution in [3.8, 4) is 5.75 Å². The number of ether oxygens (including phenoxy) is 2. The average Bonchev–Trinajstić information content (AvgIpc) is 3.10. The van der Waals surface area contributed by atoms with Crippen LogP contribution in [0.2, 0.25) is 0 Å². The normalized spacial score (nSPS) is 11.4. The second-order valence-corrected chi connectivity index (χ2v) is 7.94. The lowest BCUT2D eigenvalue weighted by molar-refractivity contribution is 0.0543. The molecule has 0 N–H and O–H groups in total. The number of rotatable bonds is 3. The summed E-state index contributed by atoms with van der Waals surface area (Å²) in [6, 6.07) is 7.48. The smallest absolute Gasteiger partial charge is 0.420 e. The summed E-state index contributed by atoms with van der Waals surface area (Å²) in [6.45, 7) is 7.13. The van der Waals surface area contributed by atoms with E-state index in [9.17, 15) is 14.0 Å². The first kappa shape index (κ1) is 21.3. The highest BCUT2D eigenvalue weighted by Gasteiger charge is 2.22. The summed E-state index contributed by atoms with van der Waals surface area (Å²) < 4.78 is 25.4. The van der Waals surface area contributed by atoms with Gasteiger partial charge in [0.25, 0.3) is 5.91 Å². The van der Waals surface area contributed by atoms with Gasteiger partial charge < -0.3 is 14.4 Å². The number of amides is 1.